The number of carbonyl (C=O) groups is 1. The minimum absolute atomic E-state index is 0.165. The van der Waals surface area contributed by atoms with E-state index in [1.54, 1.807) is 29.2 Å². The highest BCUT2D eigenvalue weighted by molar-refractivity contribution is 6.30. The van der Waals surface area contributed by atoms with Crippen molar-refractivity contribution in [1.82, 2.24) is 20.1 Å². The fourth-order valence-electron chi connectivity index (χ4n) is 3.47. The minimum atomic E-state index is -0.165. The molecule has 0 spiro atoms. The third-order valence-electron chi connectivity index (χ3n) is 5.13. The van der Waals surface area contributed by atoms with Crippen molar-refractivity contribution in [1.29, 1.82) is 0 Å². The van der Waals surface area contributed by atoms with E-state index in [9.17, 15) is 4.79 Å². The van der Waals surface area contributed by atoms with E-state index >= 15 is 0 Å². The highest BCUT2D eigenvalue weighted by atomic mass is 35.5. The Hall–Kier alpha value is -2.86. The van der Waals surface area contributed by atoms with Crippen LogP contribution in [0.1, 0.15) is 41.6 Å². The highest BCUT2D eigenvalue weighted by Crippen LogP contribution is 2.17. The van der Waals surface area contributed by atoms with E-state index in [4.69, 9.17) is 11.6 Å². The Morgan fingerprint density at radius 1 is 1.00 bits per heavy atom. The van der Waals surface area contributed by atoms with Gasteiger partial charge in [-0.25, -0.2) is 9.67 Å². The number of aromatic nitrogens is 3. The second-order valence-corrected chi connectivity index (χ2v) is 7.70. The third kappa shape index (κ3) is 4.95. The average Bonchev–Trinajstić information content (AvgIpc) is 3.08. The fraction of sp³-hybridized carbons (Fsp3) is 0.318. The van der Waals surface area contributed by atoms with Gasteiger partial charge in [-0.3, -0.25) is 4.79 Å². The van der Waals surface area contributed by atoms with Gasteiger partial charge < -0.3 is 10.2 Å². The van der Waals surface area contributed by atoms with E-state index in [-0.39, 0.29) is 5.91 Å². The van der Waals surface area contributed by atoms with Crippen LogP contribution in [0.3, 0.4) is 0 Å². The summed E-state index contributed by atoms with van der Waals surface area (Å²) in [6.07, 6.45) is 10.2. The zero-order valence-corrected chi connectivity index (χ0v) is 17.0. The number of halogens is 1. The minimum Gasteiger partial charge on any atom is -0.357 e. The second kappa shape index (κ2) is 9.09. The van der Waals surface area contributed by atoms with Crippen molar-refractivity contribution in [2.75, 3.05) is 18.0 Å². The van der Waals surface area contributed by atoms with Crippen LogP contribution in [0, 0.1) is 0 Å². The van der Waals surface area contributed by atoms with E-state index in [1.165, 1.54) is 25.7 Å². The molecular weight excluding hydrogens is 386 g/mol. The Morgan fingerprint density at radius 3 is 2.45 bits per heavy atom. The first kappa shape index (κ1) is 19.5. The Morgan fingerprint density at radius 2 is 1.76 bits per heavy atom. The zero-order valence-electron chi connectivity index (χ0n) is 16.2. The Labute approximate surface area is 175 Å². The van der Waals surface area contributed by atoms with Crippen molar-refractivity contribution in [3.63, 3.8) is 0 Å². The van der Waals surface area contributed by atoms with Crippen molar-refractivity contribution in [3.8, 4) is 5.69 Å². The molecule has 3 aromatic rings. The predicted molar refractivity (Wildman–Crippen MR) is 115 cm³/mol. The lowest BCUT2D eigenvalue weighted by Gasteiger charge is -2.21. The van der Waals surface area contributed by atoms with Gasteiger partial charge in [0.15, 0.2) is 0 Å². The van der Waals surface area contributed by atoms with Gasteiger partial charge >= 0.3 is 0 Å². The van der Waals surface area contributed by atoms with Crippen LogP contribution in [0.15, 0.2) is 55.0 Å². The molecule has 0 saturated carbocycles. The molecule has 1 aliphatic rings. The molecule has 1 aromatic carbocycles. The number of nitrogens with one attached hydrogen (secondary N) is 1. The van der Waals surface area contributed by atoms with Crippen LogP contribution in [0.5, 0.6) is 0 Å². The highest BCUT2D eigenvalue weighted by Gasteiger charge is 2.12. The lowest BCUT2D eigenvalue weighted by molar-refractivity contribution is 0.0951. The molecule has 2 aromatic heterocycles. The van der Waals surface area contributed by atoms with Crippen LogP contribution in [0.25, 0.3) is 5.69 Å². The quantitative estimate of drug-likeness (QED) is 0.684. The summed E-state index contributed by atoms with van der Waals surface area (Å²) in [5.41, 5.74) is 2.33. The summed E-state index contributed by atoms with van der Waals surface area (Å²) in [6, 6.07) is 11.4. The van der Waals surface area contributed by atoms with Crippen LogP contribution in [0.2, 0.25) is 5.02 Å². The van der Waals surface area contributed by atoms with Crippen LogP contribution in [0.4, 0.5) is 5.82 Å². The van der Waals surface area contributed by atoms with Gasteiger partial charge in [-0.15, -0.1) is 0 Å². The van der Waals surface area contributed by atoms with Crippen molar-refractivity contribution in [3.05, 3.63) is 71.1 Å². The SMILES string of the molecule is O=C(NCc1ccc(N2CCCCCC2)nc1)c1cnn(-c2ccc(Cl)cc2)c1. The van der Waals surface area contributed by atoms with E-state index in [1.807, 2.05) is 30.5 Å². The van der Waals surface area contributed by atoms with Gasteiger partial charge in [0.25, 0.3) is 5.91 Å². The predicted octanol–water partition coefficient (Wildman–Crippen LogP) is 4.23. The molecule has 1 amide bonds. The topological polar surface area (TPSA) is 63.1 Å². The number of hydrogen-bond acceptors (Lipinski definition) is 4. The normalized spacial score (nSPS) is 14.4. The van der Waals surface area contributed by atoms with Crippen LogP contribution in [-0.4, -0.2) is 33.8 Å². The van der Waals surface area contributed by atoms with Gasteiger partial charge in [-0.05, 0) is 48.7 Å². The Balaban J connectivity index is 1.34. The van der Waals surface area contributed by atoms with Crippen molar-refractivity contribution < 1.29 is 4.79 Å². The summed E-state index contributed by atoms with van der Waals surface area (Å²) in [4.78, 5) is 19.4. The van der Waals surface area contributed by atoms with E-state index < -0.39 is 0 Å². The summed E-state index contributed by atoms with van der Waals surface area (Å²) in [5, 5.41) is 7.85. The largest absolute Gasteiger partial charge is 0.357 e. The van der Waals surface area contributed by atoms with Gasteiger partial charge in [0.1, 0.15) is 5.82 Å². The number of benzene rings is 1. The molecule has 1 saturated heterocycles. The van der Waals surface area contributed by atoms with Gasteiger partial charge in [0.05, 0.1) is 17.4 Å². The lowest BCUT2D eigenvalue weighted by atomic mass is 10.2. The number of carbonyl (C=O) groups excluding carboxylic acids is 1. The third-order valence-corrected chi connectivity index (χ3v) is 5.38. The molecular formula is C22H24ClN5O. The molecule has 0 atom stereocenters. The molecule has 29 heavy (non-hydrogen) atoms. The number of anilines is 1. The van der Waals surface area contributed by atoms with Gasteiger partial charge in [-0.2, -0.15) is 5.10 Å². The summed E-state index contributed by atoms with van der Waals surface area (Å²) >= 11 is 5.91. The van der Waals surface area contributed by atoms with Crippen molar-refractivity contribution >= 4 is 23.3 Å². The number of hydrogen-bond donors (Lipinski definition) is 1. The van der Waals surface area contributed by atoms with E-state index in [0.717, 1.165) is 30.2 Å². The monoisotopic (exact) mass is 409 g/mol. The molecule has 0 bridgehead atoms. The molecule has 150 valence electrons. The van der Waals surface area contributed by atoms with Crippen molar-refractivity contribution in [2.24, 2.45) is 0 Å². The molecule has 1 fully saturated rings. The van der Waals surface area contributed by atoms with E-state index in [0.29, 0.717) is 17.1 Å². The van der Waals surface area contributed by atoms with Gasteiger partial charge in [0, 0.05) is 37.1 Å². The van der Waals surface area contributed by atoms with Gasteiger partial charge in [-0.1, -0.05) is 30.5 Å². The first-order valence-corrected chi connectivity index (χ1v) is 10.4. The standard InChI is InChI=1S/C22H24ClN5O/c23-19-6-8-20(9-7-19)28-16-18(15-26-28)22(29)25-14-17-5-10-21(24-13-17)27-11-3-1-2-4-12-27/h5-10,13,15-16H,1-4,11-12,14H2,(H,25,29). The molecule has 1 aliphatic heterocycles. The molecule has 7 heteroatoms. The Kier molecular flexibility index (Phi) is 6.10. The average molecular weight is 410 g/mol. The first-order chi connectivity index (χ1) is 14.2. The van der Waals surface area contributed by atoms with Crippen LogP contribution >= 0.6 is 11.6 Å². The summed E-state index contributed by atoms with van der Waals surface area (Å²) in [6.45, 7) is 2.57. The Bertz CT molecular complexity index is 944. The van der Waals surface area contributed by atoms with Crippen LogP contribution in [-0.2, 0) is 6.54 Å². The summed E-state index contributed by atoms with van der Waals surface area (Å²) in [7, 11) is 0. The van der Waals surface area contributed by atoms with Gasteiger partial charge in [0.2, 0.25) is 0 Å². The number of amides is 1. The zero-order chi connectivity index (χ0) is 20.1. The smallest absolute Gasteiger partial charge is 0.254 e. The maximum absolute atomic E-state index is 12.5. The first-order valence-electron chi connectivity index (χ1n) is 9.98. The molecule has 1 N–H and O–H groups in total. The molecule has 0 radical (unpaired) electrons. The maximum Gasteiger partial charge on any atom is 0.254 e. The molecule has 0 aliphatic carbocycles. The molecule has 4 rings (SSSR count). The fourth-order valence-corrected chi connectivity index (χ4v) is 3.59. The number of nitrogens with zero attached hydrogens (tertiary/aromatic N) is 4. The van der Waals surface area contributed by atoms with E-state index in [2.05, 4.69) is 20.3 Å². The molecule has 6 nitrogen and oxygen atoms in total. The second-order valence-electron chi connectivity index (χ2n) is 7.26. The van der Waals surface area contributed by atoms with Crippen LogP contribution < -0.4 is 10.2 Å². The molecule has 0 unspecified atom stereocenters. The summed E-state index contributed by atoms with van der Waals surface area (Å²) in [5.74, 6) is 0.855. The summed E-state index contributed by atoms with van der Waals surface area (Å²) < 4.78 is 1.66. The number of rotatable bonds is 5. The number of pyridine rings is 1. The lowest BCUT2D eigenvalue weighted by Crippen LogP contribution is -2.25. The maximum atomic E-state index is 12.5. The van der Waals surface area contributed by atoms with Crippen molar-refractivity contribution in [2.45, 2.75) is 32.2 Å². The molecule has 3 heterocycles.